The molecule has 0 radical (unpaired) electrons. The van der Waals surface area contributed by atoms with Gasteiger partial charge in [0.25, 0.3) is 0 Å². The van der Waals surface area contributed by atoms with Gasteiger partial charge in [-0.25, -0.2) is 9.67 Å². The van der Waals surface area contributed by atoms with Crippen LogP contribution in [0.25, 0.3) is 0 Å². The monoisotopic (exact) mass is 224 g/mol. The molecule has 2 heterocycles. The summed E-state index contributed by atoms with van der Waals surface area (Å²) in [5.74, 6) is 0. The number of nitrogens with zero attached hydrogens (tertiary/aromatic N) is 4. The Morgan fingerprint density at radius 3 is 2.93 bits per heavy atom. The van der Waals surface area contributed by atoms with Crippen molar-refractivity contribution < 1.29 is 5.11 Å². The van der Waals surface area contributed by atoms with Gasteiger partial charge in [0.2, 0.25) is 0 Å². The number of hydrogen-bond acceptors (Lipinski definition) is 5. The van der Waals surface area contributed by atoms with Gasteiger partial charge in [-0.2, -0.15) is 0 Å². The molecule has 0 aliphatic rings. The Kier molecular flexibility index (Phi) is 2.79. The summed E-state index contributed by atoms with van der Waals surface area (Å²) in [6, 6.07) is 0. The Balaban J connectivity index is 2.10. The van der Waals surface area contributed by atoms with E-state index in [4.69, 9.17) is 0 Å². The maximum Gasteiger partial charge on any atom is 0.103 e. The Morgan fingerprint density at radius 1 is 1.60 bits per heavy atom. The molecule has 2 aromatic heterocycles. The van der Waals surface area contributed by atoms with Crippen molar-refractivity contribution >= 4 is 11.3 Å². The van der Waals surface area contributed by atoms with E-state index in [1.54, 1.807) is 29.3 Å². The standard InChI is InChI=1S/C9H12N4OS/c1-6-11-7(5-15-6)3-9(14)8-4-10-12-13(8)2/h4-5,9,14H,3H2,1-2H3. The number of rotatable bonds is 3. The largest absolute Gasteiger partial charge is 0.386 e. The first-order valence-electron chi connectivity index (χ1n) is 4.60. The molecule has 0 spiro atoms. The van der Waals surface area contributed by atoms with E-state index in [9.17, 15) is 5.11 Å². The molecule has 1 atom stereocenters. The predicted octanol–water partition coefficient (Wildman–Crippen LogP) is 0.856. The van der Waals surface area contributed by atoms with Crippen molar-refractivity contribution in [2.24, 2.45) is 7.05 Å². The second-order valence-corrected chi connectivity index (χ2v) is 4.42. The van der Waals surface area contributed by atoms with Gasteiger partial charge in [0.15, 0.2) is 0 Å². The molecular formula is C9H12N4OS. The normalized spacial score (nSPS) is 13.0. The average Bonchev–Trinajstić information content (AvgIpc) is 2.75. The molecule has 15 heavy (non-hydrogen) atoms. The van der Waals surface area contributed by atoms with Crippen LogP contribution < -0.4 is 0 Å². The Labute approximate surface area is 91.4 Å². The van der Waals surface area contributed by atoms with Gasteiger partial charge in [-0.05, 0) is 6.92 Å². The summed E-state index contributed by atoms with van der Waals surface area (Å²) in [5.41, 5.74) is 1.62. The van der Waals surface area contributed by atoms with Crippen LogP contribution in [0.4, 0.5) is 0 Å². The molecule has 5 nitrogen and oxygen atoms in total. The highest BCUT2D eigenvalue weighted by molar-refractivity contribution is 7.09. The summed E-state index contributed by atoms with van der Waals surface area (Å²) >= 11 is 1.59. The van der Waals surface area contributed by atoms with Crippen LogP contribution in [0, 0.1) is 6.92 Å². The zero-order valence-corrected chi connectivity index (χ0v) is 9.40. The number of aryl methyl sites for hydroxylation is 2. The number of hydrogen-bond donors (Lipinski definition) is 1. The molecule has 0 aliphatic carbocycles. The van der Waals surface area contributed by atoms with Crippen molar-refractivity contribution in [1.82, 2.24) is 20.0 Å². The van der Waals surface area contributed by atoms with E-state index in [1.807, 2.05) is 12.3 Å². The van der Waals surface area contributed by atoms with Crippen LogP contribution >= 0.6 is 11.3 Å². The molecular weight excluding hydrogens is 212 g/mol. The highest BCUT2D eigenvalue weighted by atomic mass is 32.1. The topological polar surface area (TPSA) is 63.8 Å². The summed E-state index contributed by atoms with van der Waals surface area (Å²) in [6.07, 6.45) is 1.49. The van der Waals surface area contributed by atoms with Gasteiger partial charge in [-0.3, -0.25) is 0 Å². The van der Waals surface area contributed by atoms with E-state index >= 15 is 0 Å². The molecule has 1 unspecified atom stereocenters. The average molecular weight is 224 g/mol. The molecule has 2 aromatic rings. The van der Waals surface area contributed by atoms with Gasteiger partial charge >= 0.3 is 0 Å². The zero-order chi connectivity index (χ0) is 10.8. The summed E-state index contributed by atoms with van der Waals surface area (Å²) < 4.78 is 1.57. The van der Waals surface area contributed by atoms with Crippen molar-refractivity contribution in [3.05, 3.63) is 28.0 Å². The number of aliphatic hydroxyl groups excluding tert-OH is 1. The zero-order valence-electron chi connectivity index (χ0n) is 8.58. The SMILES string of the molecule is Cc1nc(CC(O)c2cnnn2C)cs1. The van der Waals surface area contributed by atoms with E-state index in [2.05, 4.69) is 15.3 Å². The maximum absolute atomic E-state index is 9.92. The molecule has 0 saturated carbocycles. The van der Waals surface area contributed by atoms with Crippen molar-refractivity contribution in [1.29, 1.82) is 0 Å². The van der Waals surface area contributed by atoms with Gasteiger partial charge in [0, 0.05) is 18.8 Å². The summed E-state index contributed by atoms with van der Waals surface area (Å²) in [4.78, 5) is 4.30. The first kappa shape index (κ1) is 10.3. The molecule has 0 fully saturated rings. The lowest BCUT2D eigenvalue weighted by molar-refractivity contribution is 0.167. The van der Waals surface area contributed by atoms with E-state index in [-0.39, 0.29) is 0 Å². The first-order valence-corrected chi connectivity index (χ1v) is 5.48. The van der Waals surface area contributed by atoms with Crippen LogP contribution in [-0.2, 0) is 13.5 Å². The third-order valence-electron chi connectivity index (χ3n) is 2.16. The minimum atomic E-state index is -0.591. The van der Waals surface area contributed by atoms with Crippen LogP contribution in [0.3, 0.4) is 0 Å². The number of aromatic nitrogens is 4. The van der Waals surface area contributed by atoms with Gasteiger partial charge in [-0.15, -0.1) is 16.4 Å². The smallest absolute Gasteiger partial charge is 0.103 e. The minimum Gasteiger partial charge on any atom is -0.386 e. The molecule has 0 aliphatic heterocycles. The van der Waals surface area contributed by atoms with Crippen LogP contribution in [0.2, 0.25) is 0 Å². The van der Waals surface area contributed by atoms with Crippen LogP contribution in [0.1, 0.15) is 22.5 Å². The van der Waals surface area contributed by atoms with E-state index < -0.39 is 6.10 Å². The van der Waals surface area contributed by atoms with E-state index in [0.29, 0.717) is 12.1 Å². The van der Waals surface area contributed by atoms with Crippen LogP contribution in [0.15, 0.2) is 11.6 Å². The van der Waals surface area contributed by atoms with Gasteiger partial charge < -0.3 is 5.11 Å². The Morgan fingerprint density at radius 2 is 2.40 bits per heavy atom. The summed E-state index contributed by atoms with van der Waals surface area (Å²) in [5, 5.41) is 20.4. The number of aliphatic hydroxyl groups is 1. The summed E-state index contributed by atoms with van der Waals surface area (Å²) in [6.45, 7) is 1.95. The minimum absolute atomic E-state index is 0.506. The van der Waals surface area contributed by atoms with Gasteiger partial charge in [-0.1, -0.05) is 5.21 Å². The Hall–Kier alpha value is -1.27. The molecule has 0 bridgehead atoms. The van der Waals surface area contributed by atoms with E-state index in [0.717, 1.165) is 10.7 Å². The van der Waals surface area contributed by atoms with Crippen LogP contribution in [0.5, 0.6) is 0 Å². The van der Waals surface area contributed by atoms with Crippen LogP contribution in [-0.4, -0.2) is 25.1 Å². The molecule has 0 saturated heterocycles. The van der Waals surface area contributed by atoms with Gasteiger partial charge in [0.1, 0.15) is 6.10 Å². The molecule has 0 amide bonds. The second-order valence-electron chi connectivity index (χ2n) is 3.36. The molecule has 2 rings (SSSR count). The molecule has 6 heteroatoms. The highest BCUT2D eigenvalue weighted by Crippen LogP contribution is 2.17. The van der Waals surface area contributed by atoms with Crippen molar-refractivity contribution in [2.45, 2.75) is 19.4 Å². The predicted molar refractivity (Wildman–Crippen MR) is 56.5 cm³/mol. The molecule has 80 valence electrons. The lowest BCUT2D eigenvalue weighted by Gasteiger charge is -2.07. The Bertz CT molecular complexity index is 450. The van der Waals surface area contributed by atoms with Crippen molar-refractivity contribution in [2.75, 3.05) is 0 Å². The van der Waals surface area contributed by atoms with Gasteiger partial charge in [0.05, 0.1) is 22.6 Å². The van der Waals surface area contributed by atoms with Crippen molar-refractivity contribution in [3.8, 4) is 0 Å². The summed E-state index contributed by atoms with van der Waals surface area (Å²) in [7, 11) is 1.76. The molecule has 1 N–H and O–H groups in total. The third kappa shape index (κ3) is 2.21. The fourth-order valence-corrected chi connectivity index (χ4v) is 2.03. The quantitative estimate of drug-likeness (QED) is 0.839. The highest BCUT2D eigenvalue weighted by Gasteiger charge is 2.14. The van der Waals surface area contributed by atoms with E-state index in [1.165, 1.54) is 0 Å². The second kappa shape index (κ2) is 4.08. The lowest BCUT2D eigenvalue weighted by Crippen LogP contribution is -2.08. The first-order chi connectivity index (χ1) is 7.16. The third-order valence-corrected chi connectivity index (χ3v) is 2.98. The number of thiazole rings is 1. The fraction of sp³-hybridized carbons (Fsp3) is 0.444. The molecule has 0 aromatic carbocycles. The maximum atomic E-state index is 9.92. The van der Waals surface area contributed by atoms with Crippen molar-refractivity contribution in [3.63, 3.8) is 0 Å². The lowest BCUT2D eigenvalue weighted by atomic mass is 10.1. The fourth-order valence-electron chi connectivity index (χ4n) is 1.40.